The first-order valence-electron chi connectivity index (χ1n) is 8.96. The highest BCUT2D eigenvalue weighted by Crippen LogP contribution is 2.37. The monoisotopic (exact) mass is 378 g/mol. The van der Waals surface area contributed by atoms with Crippen LogP contribution in [0.25, 0.3) is 10.1 Å². The second kappa shape index (κ2) is 6.26. The minimum atomic E-state index is -0.593. The molecule has 1 aromatic heterocycles. The zero-order valence-corrected chi connectivity index (χ0v) is 15.3. The summed E-state index contributed by atoms with van der Waals surface area (Å²) in [5.74, 6) is -0.574. The molecule has 3 heterocycles. The smallest absolute Gasteiger partial charge is 0.287 e. The zero-order valence-electron chi connectivity index (χ0n) is 15.5. The van der Waals surface area contributed by atoms with Crippen LogP contribution >= 0.6 is 11.3 Å². The van der Waals surface area contributed by atoms with Crippen LogP contribution in [-0.4, -0.2) is 41.5 Å². The molecule has 0 saturated carbocycles. The van der Waals surface area contributed by atoms with Gasteiger partial charge < -0.3 is 14.4 Å². The van der Waals surface area contributed by atoms with Crippen LogP contribution in [-0.2, 0) is 9.47 Å². The highest BCUT2D eigenvalue weighted by Gasteiger charge is 2.43. The van der Waals surface area contributed by atoms with E-state index in [1.165, 1.54) is 6.07 Å². The third kappa shape index (κ3) is 2.95. The van der Waals surface area contributed by atoms with Gasteiger partial charge in [0.2, 0.25) is 0 Å². The molecule has 2 aromatic rings. The van der Waals surface area contributed by atoms with Gasteiger partial charge in [-0.15, -0.1) is 0 Å². The Morgan fingerprint density at radius 1 is 1.50 bits per heavy atom. The summed E-state index contributed by atoms with van der Waals surface area (Å²) in [5.41, 5.74) is -0.453. The number of hydrogen-bond donors (Lipinski definition) is 0. The van der Waals surface area contributed by atoms with Crippen molar-refractivity contribution < 1.29 is 15.8 Å². The van der Waals surface area contributed by atoms with Gasteiger partial charge in [-0.1, -0.05) is 11.3 Å². The molecule has 2 saturated heterocycles. The fourth-order valence-electron chi connectivity index (χ4n) is 3.48. The summed E-state index contributed by atoms with van der Waals surface area (Å²) in [5, 5.41) is 12.1. The summed E-state index contributed by atoms with van der Waals surface area (Å²) in [4.78, 5) is 29.5. The van der Waals surface area contributed by atoms with E-state index in [0.717, 1.165) is 11.3 Å². The van der Waals surface area contributed by atoms with Crippen molar-refractivity contribution in [2.75, 3.05) is 24.6 Å². The van der Waals surface area contributed by atoms with Crippen molar-refractivity contribution in [3.05, 3.63) is 38.1 Å². The lowest BCUT2D eigenvalue weighted by atomic mass is 10.0. The van der Waals surface area contributed by atoms with Crippen molar-refractivity contribution in [1.82, 2.24) is 4.98 Å². The SMILES string of the molecule is [2H]c1c(C)cc2c(=O)nc(N3CCC4(CC3)OCC(C)O4)sc2c1[N+](=O)[O-]. The molecule has 0 radical (unpaired) electrons. The molecular formula is C17H19N3O5S. The van der Waals surface area contributed by atoms with Gasteiger partial charge in [0, 0.05) is 32.0 Å². The molecule has 2 aliphatic rings. The van der Waals surface area contributed by atoms with Gasteiger partial charge in [0.25, 0.3) is 11.2 Å². The molecule has 0 bridgehead atoms. The Hall–Kier alpha value is -2.10. The number of piperidine rings is 1. The van der Waals surface area contributed by atoms with E-state index >= 15 is 0 Å². The first-order valence-corrected chi connectivity index (χ1v) is 9.27. The number of hydrogen-bond acceptors (Lipinski definition) is 8. The molecule has 2 fully saturated rings. The zero-order chi connectivity index (χ0) is 19.3. The first-order chi connectivity index (χ1) is 12.8. The molecule has 9 heteroatoms. The number of anilines is 1. The van der Waals surface area contributed by atoms with E-state index in [1.54, 1.807) is 6.92 Å². The van der Waals surface area contributed by atoms with Crippen LogP contribution in [0.5, 0.6) is 0 Å². The van der Waals surface area contributed by atoms with Crippen molar-refractivity contribution >= 4 is 32.2 Å². The van der Waals surface area contributed by atoms with Gasteiger partial charge in [-0.05, 0) is 25.5 Å². The Morgan fingerprint density at radius 3 is 2.85 bits per heavy atom. The minimum Gasteiger partial charge on any atom is -0.348 e. The molecule has 2 aliphatic heterocycles. The fourth-order valence-corrected chi connectivity index (χ4v) is 4.58. The van der Waals surface area contributed by atoms with E-state index in [4.69, 9.17) is 10.8 Å². The summed E-state index contributed by atoms with van der Waals surface area (Å²) in [6.07, 6.45) is 1.34. The van der Waals surface area contributed by atoms with E-state index in [9.17, 15) is 14.9 Å². The molecule has 1 atom stereocenters. The van der Waals surface area contributed by atoms with Crippen LogP contribution in [0.3, 0.4) is 0 Å². The van der Waals surface area contributed by atoms with Gasteiger partial charge in [0.1, 0.15) is 4.70 Å². The first kappa shape index (κ1) is 16.1. The van der Waals surface area contributed by atoms with E-state index in [0.29, 0.717) is 43.2 Å². The van der Waals surface area contributed by atoms with Gasteiger partial charge in [-0.2, -0.15) is 4.98 Å². The van der Waals surface area contributed by atoms with E-state index in [2.05, 4.69) is 4.98 Å². The number of aromatic nitrogens is 1. The lowest BCUT2D eigenvalue weighted by Gasteiger charge is -2.37. The third-order valence-electron chi connectivity index (χ3n) is 4.73. The van der Waals surface area contributed by atoms with Gasteiger partial charge in [-0.25, -0.2) is 0 Å². The molecule has 1 unspecified atom stereocenters. The fraction of sp³-hybridized carbons (Fsp3) is 0.529. The summed E-state index contributed by atoms with van der Waals surface area (Å²) < 4.78 is 19.9. The van der Waals surface area contributed by atoms with E-state index in [1.807, 2.05) is 11.8 Å². The molecule has 1 spiro atoms. The molecule has 0 amide bonds. The molecule has 0 aliphatic carbocycles. The highest BCUT2D eigenvalue weighted by molar-refractivity contribution is 7.22. The Labute approximate surface area is 154 Å². The average Bonchev–Trinajstić information content (AvgIpc) is 2.97. The van der Waals surface area contributed by atoms with Crippen molar-refractivity contribution in [2.45, 2.75) is 38.6 Å². The maximum absolute atomic E-state index is 12.5. The van der Waals surface area contributed by atoms with Crippen LogP contribution < -0.4 is 10.5 Å². The van der Waals surface area contributed by atoms with Gasteiger partial charge in [0.15, 0.2) is 10.9 Å². The minimum absolute atomic E-state index is 0.0627. The number of aryl methyl sites for hydroxylation is 1. The number of fused-ring (bicyclic) bond motifs is 1. The number of rotatable bonds is 2. The number of benzene rings is 1. The Bertz CT molecular complexity index is 987. The maximum Gasteiger partial charge on any atom is 0.287 e. The van der Waals surface area contributed by atoms with Crippen LogP contribution in [0.15, 0.2) is 16.9 Å². The van der Waals surface area contributed by atoms with Gasteiger partial charge in [-0.3, -0.25) is 14.9 Å². The number of nitrogens with zero attached hydrogens (tertiary/aromatic N) is 3. The second-order valence-electron chi connectivity index (χ2n) is 6.74. The second-order valence-corrected chi connectivity index (χ2v) is 7.72. The van der Waals surface area contributed by atoms with E-state index < -0.39 is 16.3 Å². The molecule has 138 valence electrons. The van der Waals surface area contributed by atoms with Crippen LogP contribution in [0.4, 0.5) is 10.8 Å². The Morgan fingerprint density at radius 2 is 2.23 bits per heavy atom. The largest absolute Gasteiger partial charge is 0.348 e. The van der Waals surface area contributed by atoms with Gasteiger partial charge in [0.05, 0.1) is 24.4 Å². The summed E-state index contributed by atoms with van der Waals surface area (Å²) in [6.45, 7) is 5.28. The normalized spacial score (nSPS) is 22.8. The van der Waals surface area contributed by atoms with Crippen LogP contribution in [0.1, 0.15) is 26.7 Å². The van der Waals surface area contributed by atoms with Crippen LogP contribution in [0, 0.1) is 17.0 Å². The average molecular weight is 378 g/mol. The summed E-state index contributed by atoms with van der Waals surface area (Å²) in [7, 11) is 0. The molecular weight excluding hydrogens is 358 g/mol. The summed E-state index contributed by atoms with van der Waals surface area (Å²) >= 11 is 1.09. The predicted octanol–water partition coefficient (Wildman–Crippen LogP) is 2.60. The number of nitro groups is 1. The van der Waals surface area contributed by atoms with Crippen molar-refractivity contribution in [3.63, 3.8) is 0 Å². The lowest BCUT2D eigenvalue weighted by molar-refractivity contribution is -0.382. The van der Waals surface area contributed by atoms with Gasteiger partial charge >= 0.3 is 0 Å². The van der Waals surface area contributed by atoms with Crippen molar-refractivity contribution in [2.24, 2.45) is 0 Å². The number of ether oxygens (including phenoxy) is 2. The molecule has 1 aromatic carbocycles. The molecule has 8 nitrogen and oxygen atoms in total. The van der Waals surface area contributed by atoms with E-state index in [-0.39, 0.29) is 27.9 Å². The number of nitro benzene ring substituents is 1. The summed E-state index contributed by atoms with van der Waals surface area (Å²) in [6, 6.07) is 1.34. The Kier molecular flexibility index (Phi) is 3.87. The topological polar surface area (TPSA) is 94.8 Å². The van der Waals surface area contributed by atoms with Crippen molar-refractivity contribution in [1.29, 1.82) is 0 Å². The van der Waals surface area contributed by atoms with Crippen molar-refractivity contribution in [3.8, 4) is 0 Å². The molecule has 26 heavy (non-hydrogen) atoms. The lowest BCUT2D eigenvalue weighted by Crippen LogP contribution is -2.45. The predicted molar refractivity (Wildman–Crippen MR) is 98.0 cm³/mol. The maximum atomic E-state index is 12.5. The molecule has 4 rings (SSSR count). The Balaban J connectivity index is 1.72. The highest BCUT2D eigenvalue weighted by atomic mass is 32.1. The molecule has 0 N–H and O–H groups in total. The third-order valence-corrected chi connectivity index (χ3v) is 5.88. The van der Waals surface area contributed by atoms with Crippen LogP contribution in [0.2, 0.25) is 0 Å². The standard InChI is InChI=1S/C17H19N3O5S/c1-10-7-12-14(13(8-10)20(22)23)26-16(18-15(12)21)19-5-3-17(4-6-19)24-9-11(2)25-17/h7-8,11H,3-6,9H2,1-2H3/i8D. The quantitative estimate of drug-likeness (QED) is 0.585.